The van der Waals surface area contributed by atoms with Crippen molar-refractivity contribution < 1.29 is 9.90 Å². The quantitative estimate of drug-likeness (QED) is 0.856. The average molecular weight is 321 g/mol. The van der Waals surface area contributed by atoms with E-state index >= 15 is 0 Å². The van der Waals surface area contributed by atoms with Gasteiger partial charge in [0.05, 0.1) is 5.02 Å². The molecule has 1 aromatic rings. The van der Waals surface area contributed by atoms with E-state index in [-0.39, 0.29) is 0 Å². The van der Waals surface area contributed by atoms with Crippen LogP contribution in [0.5, 0.6) is 0 Å². The Balaban J connectivity index is 3.01. The summed E-state index contributed by atoms with van der Waals surface area (Å²) in [5.41, 5.74) is -0.180. The molecule has 1 aromatic carbocycles. The molecule has 0 aliphatic carbocycles. The maximum absolute atomic E-state index is 11.3. The summed E-state index contributed by atoms with van der Waals surface area (Å²) in [7, 11) is 0. The van der Waals surface area contributed by atoms with Crippen LogP contribution in [0.25, 0.3) is 0 Å². The van der Waals surface area contributed by atoms with Crippen LogP contribution >= 0.6 is 27.5 Å². The Kier molecular flexibility index (Phi) is 4.83. The highest BCUT2D eigenvalue weighted by Gasteiger charge is 2.34. The number of carboxylic acids is 1. The summed E-state index contributed by atoms with van der Waals surface area (Å²) in [5, 5.41) is 13.0. The largest absolute Gasteiger partial charge is 0.480 e. The summed E-state index contributed by atoms with van der Waals surface area (Å²) in [6.07, 6.45) is 1.03. The third-order valence-electron chi connectivity index (χ3n) is 2.92. The molecule has 0 saturated carbocycles. The molecule has 0 aliphatic heterocycles. The van der Waals surface area contributed by atoms with Crippen molar-refractivity contribution in [3.8, 4) is 0 Å². The Labute approximate surface area is 114 Å². The van der Waals surface area contributed by atoms with Gasteiger partial charge in [0.15, 0.2) is 0 Å². The molecule has 5 heteroatoms. The second-order valence-electron chi connectivity index (χ2n) is 3.85. The van der Waals surface area contributed by atoms with E-state index in [1.165, 1.54) is 0 Å². The van der Waals surface area contributed by atoms with Gasteiger partial charge in [0.2, 0.25) is 0 Å². The number of hydrogen-bond acceptors (Lipinski definition) is 2. The fourth-order valence-electron chi connectivity index (χ4n) is 1.63. The SMILES string of the molecule is CCC(CC)(Nc1ccc(Cl)c(Br)c1)C(=O)O. The lowest BCUT2D eigenvalue weighted by atomic mass is 9.92. The van der Waals surface area contributed by atoms with Crippen molar-refractivity contribution in [2.24, 2.45) is 0 Å². The third-order valence-corrected chi connectivity index (χ3v) is 4.13. The van der Waals surface area contributed by atoms with Crippen LogP contribution in [0.15, 0.2) is 22.7 Å². The zero-order chi connectivity index (χ0) is 13.1. The van der Waals surface area contributed by atoms with Gasteiger partial charge in [0.1, 0.15) is 5.54 Å². The molecule has 0 spiro atoms. The zero-order valence-electron chi connectivity index (χ0n) is 9.76. The van der Waals surface area contributed by atoms with Crippen LogP contribution < -0.4 is 5.32 Å². The van der Waals surface area contributed by atoms with Crippen LogP contribution in [0, 0.1) is 0 Å². The Hall–Kier alpha value is -0.740. The number of benzene rings is 1. The van der Waals surface area contributed by atoms with Crippen molar-refractivity contribution in [1.82, 2.24) is 0 Å². The lowest BCUT2D eigenvalue weighted by Crippen LogP contribution is -2.45. The van der Waals surface area contributed by atoms with Gasteiger partial charge in [-0.05, 0) is 47.0 Å². The number of anilines is 1. The minimum atomic E-state index is -0.923. The Bertz CT molecular complexity index is 419. The summed E-state index contributed by atoms with van der Waals surface area (Å²) in [4.78, 5) is 11.3. The van der Waals surface area contributed by atoms with Crippen LogP contribution in [0.4, 0.5) is 5.69 Å². The molecule has 0 bridgehead atoms. The first-order valence-electron chi connectivity index (χ1n) is 5.42. The standard InChI is InChI=1S/C12H15BrClNO2/c1-3-12(4-2,11(16)17)15-8-5-6-10(14)9(13)7-8/h5-7,15H,3-4H2,1-2H3,(H,16,17). The van der Waals surface area contributed by atoms with E-state index in [0.717, 1.165) is 10.2 Å². The number of carbonyl (C=O) groups is 1. The van der Waals surface area contributed by atoms with E-state index in [9.17, 15) is 9.90 Å². The molecule has 2 N–H and O–H groups in total. The second kappa shape index (κ2) is 5.74. The molecule has 0 aromatic heterocycles. The minimum Gasteiger partial charge on any atom is -0.480 e. The molecule has 0 unspecified atom stereocenters. The highest BCUT2D eigenvalue weighted by Crippen LogP contribution is 2.29. The van der Waals surface area contributed by atoms with Crippen molar-refractivity contribution in [3.63, 3.8) is 0 Å². The minimum absolute atomic E-state index is 0.513. The van der Waals surface area contributed by atoms with Crippen molar-refractivity contribution >= 4 is 39.2 Å². The van der Waals surface area contributed by atoms with Gasteiger partial charge in [-0.2, -0.15) is 0 Å². The zero-order valence-corrected chi connectivity index (χ0v) is 12.1. The number of halogens is 2. The number of nitrogens with one attached hydrogen (secondary N) is 1. The molecule has 0 aliphatic rings. The van der Waals surface area contributed by atoms with Crippen LogP contribution in [0.1, 0.15) is 26.7 Å². The first kappa shape index (κ1) is 14.3. The first-order valence-corrected chi connectivity index (χ1v) is 6.59. The van der Waals surface area contributed by atoms with E-state index in [2.05, 4.69) is 21.2 Å². The molecule has 0 atom stereocenters. The predicted octanol–water partition coefficient (Wildman–Crippen LogP) is 4.16. The smallest absolute Gasteiger partial charge is 0.329 e. The van der Waals surface area contributed by atoms with Crippen molar-refractivity contribution in [1.29, 1.82) is 0 Å². The maximum Gasteiger partial charge on any atom is 0.329 e. The molecule has 1 rings (SSSR count). The number of rotatable bonds is 5. The van der Waals surface area contributed by atoms with Crippen molar-refractivity contribution in [3.05, 3.63) is 27.7 Å². The monoisotopic (exact) mass is 319 g/mol. The number of carboxylic acid groups (broad SMARTS) is 1. The number of aliphatic carboxylic acids is 1. The van der Waals surface area contributed by atoms with Gasteiger partial charge in [-0.3, -0.25) is 0 Å². The number of hydrogen-bond donors (Lipinski definition) is 2. The van der Waals surface area contributed by atoms with Gasteiger partial charge in [0.25, 0.3) is 0 Å². The molecule has 17 heavy (non-hydrogen) atoms. The summed E-state index contributed by atoms with van der Waals surface area (Å²) in [5.74, 6) is -0.839. The lowest BCUT2D eigenvalue weighted by molar-refractivity contribution is -0.142. The fourth-order valence-corrected chi connectivity index (χ4v) is 2.13. The van der Waals surface area contributed by atoms with E-state index in [1.807, 2.05) is 13.8 Å². The average Bonchev–Trinajstić information content (AvgIpc) is 2.30. The summed E-state index contributed by atoms with van der Waals surface area (Å²) in [6.45, 7) is 3.71. The Morgan fingerprint density at radius 3 is 2.47 bits per heavy atom. The van der Waals surface area contributed by atoms with Crippen LogP contribution in [-0.2, 0) is 4.79 Å². The highest BCUT2D eigenvalue weighted by atomic mass is 79.9. The van der Waals surface area contributed by atoms with Crippen LogP contribution in [-0.4, -0.2) is 16.6 Å². The van der Waals surface area contributed by atoms with E-state index in [0.29, 0.717) is 17.9 Å². The topological polar surface area (TPSA) is 49.3 Å². The molecular formula is C12H15BrClNO2. The molecule has 0 amide bonds. The Morgan fingerprint density at radius 1 is 1.47 bits per heavy atom. The second-order valence-corrected chi connectivity index (χ2v) is 5.11. The maximum atomic E-state index is 11.3. The van der Waals surface area contributed by atoms with E-state index < -0.39 is 11.5 Å². The third kappa shape index (κ3) is 3.13. The molecule has 0 saturated heterocycles. The summed E-state index contributed by atoms with van der Waals surface area (Å²) < 4.78 is 0.746. The van der Waals surface area contributed by atoms with Crippen molar-refractivity contribution in [2.45, 2.75) is 32.2 Å². The van der Waals surface area contributed by atoms with E-state index in [1.54, 1.807) is 18.2 Å². The van der Waals surface area contributed by atoms with Crippen LogP contribution in [0.2, 0.25) is 5.02 Å². The molecular weight excluding hydrogens is 305 g/mol. The van der Waals surface area contributed by atoms with Gasteiger partial charge in [-0.25, -0.2) is 4.79 Å². The van der Waals surface area contributed by atoms with Crippen molar-refractivity contribution in [2.75, 3.05) is 5.32 Å². The highest BCUT2D eigenvalue weighted by molar-refractivity contribution is 9.10. The van der Waals surface area contributed by atoms with Gasteiger partial charge in [-0.15, -0.1) is 0 Å². The van der Waals surface area contributed by atoms with E-state index in [4.69, 9.17) is 11.6 Å². The normalized spacial score (nSPS) is 11.3. The van der Waals surface area contributed by atoms with Gasteiger partial charge < -0.3 is 10.4 Å². The molecule has 94 valence electrons. The summed E-state index contributed by atoms with van der Waals surface area (Å²) >= 11 is 9.21. The van der Waals surface area contributed by atoms with Crippen LogP contribution in [0.3, 0.4) is 0 Å². The summed E-state index contributed by atoms with van der Waals surface area (Å²) in [6, 6.07) is 5.29. The predicted molar refractivity (Wildman–Crippen MR) is 73.7 cm³/mol. The van der Waals surface area contributed by atoms with Gasteiger partial charge in [-0.1, -0.05) is 25.4 Å². The fraction of sp³-hybridized carbons (Fsp3) is 0.417. The molecule has 3 nitrogen and oxygen atoms in total. The molecule has 0 radical (unpaired) electrons. The molecule has 0 heterocycles. The first-order chi connectivity index (χ1) is 7.95. The lowest BCUT2D eigenvalue weighted by Gasteiger charge is -2.29. The molecule has 0 fully saturated rings. The Morgan fingerprint density at radius 2 is 2.06 bits per heavy atom. The van der Waals surface area contributed by atoms with Gasteiger partial charge in [0, 0.05) is 10.2 Å². The van der Waals surface area contributed by atoms with Gasteiger partial charge >= 0.3 is 5.97 Å².